The lowest BCUT2D eigenvalue weighted by molar-refractivity contribution is 0.206. The van der Waals surface area contributed by atoms with Crippen LogP contribution in [0.15, 0.2) is 73.3 Å². The van der Waals surface area contributed by atoms with Gasteiger partial charge in [-0.3, -0.25) is 0 Å². The van der Waals surface area contributed by atoms with Crippen LogP contribution in [0, 0.1) is 11.6 Å². The van der Waals surface area contributed by atoms with Gasteiger partial charge in [0, 0.05) is 43.2 Å². The summed E-state index contributed by atoms with van der Waals surface area (Å²) in [5.41, 5.74) is 2.64. The summed E-state index contributed by atoms with van der Waals surface area (Å²) in [5.74, 6) is -1.37. The molecular formula is C22H20F2N6O. The highest BCUT2D eigenvalue weighted by Crippen LogP contribution is 2.15. The average Bonchev–Trinajstić information content (AvgIpc) is 3.42. The van der Waals surface area contributed by atoms with Crippen molar-refractivity contribution in [2.24, 2.45) is 0 Å². The van der Waals surface area contributed by atoms with E-state index >= 15 is 0 Å². The average molecular weight is 422 g/mol. The van der Waals surface area contributed by atoms with Crippen molar-refractivity contribution in [3.05, 3.63) is 96.1 Å². The summed E-state index contributed by atoms with van der Waals surface area (Å²) in [4.78, 5) is 14.0. The van der Waals surface area contributed by atoms with Crippen LogP contribution in [0.5, 0.6) is 0 Å². The van der Waals surface area contributed by atoms with E-state index in [9.17, 15) is 13.6 Å². The first-order chi connectivity index (χ1) is 15.0. The van der Waals surface area contributed by atoms with Gasteiger partial charge < -0.3 is 10.2 Å². The van der Waals surface area contributed by atoms with E-state index in [1.165, 1.54) is 21.8 Å². The third-order valence-electron chi connectivity index (χ3n) is 4.66. The number of halogens is 2. The van der Waals surface area contributed by atoms with Gasteiger partial charge in [-0.25, -0.2) is 22.9 Å². The minimum atomic E-state index is -0.713. The van der Waals surface area contributed by atoms with Crippen molar-refractivity contribution in [3.8, 4) is 11.4 Å². The highest BCUT2D eigenvalue weighted by atomic mass is 19.1. The van der Waals surface area contributed by atoms with Crippen LogP contribution in [0.25, 0.3) is 11.4 Å². The number of nitrogens with zero attached hydrogens (tertiary/aromatic N) is 5. The summed E-state index contributed by atoms with van der Waals surface area (Å²) in [6, 6.07) is 12.7. The molecule has 2 heterocycles. The number of carbonyl (C=O) groups excluding carboxylic acids is 1. The van der Waals surface area contributed by atoms with Crippen LogP contribution in [0.1, 0.15) is 11.1 Å². The third kappa shape index (κ3) is 4.77. The standard InChI is InChI=1S/C22H20F2N6O/c1-28(13-17-12-26-29(15-17)19-5-3-2-4-6-19)22(31)25-10-16-11-27-30(14-16)21-8-7-18(23)9-20(21)24/h2-9,11-12,14-15H,10,13H2,1H3,(H,25,31). The van der Waals surface area contributed by atoms with Gasteiger partial charge in [0.1, 0.15) is 11.5 Å². The Morgan fingerprint density at radius 1 is 1.00 bits per heavy atom. The molecule has 2 aromatic carbocycles. The molecule has 0 saturated heterocycles. The highest BCUT2D eigenvalue weighted by Gasteiger charge is 2.12. The molecule has 2 amide bonds. The smallest absolute Gasteiger partial charge is 0.317 e. The monoisotopic (exact) mass is 422 g/mol. The van der Waals surface area contributed by atoms with Crippen LogP contribution < -0.4 is 5.32 Å². The van der Waals surface area contributed by atoms with E-state index in [0.717, 1.165) is 23.4 Å². The van der Waals surface area contributed by atoms with E-state index < -0.39 is 11.6 Å². The highest BCUT2D eigenvalue weighted by molar-refractivity contribution is 5.73. The second-order valence-electron chi connectivity index (χ2n) is 7.03. The van der Waals surface area contributed by atoms with E-state index in [-0.39, 0.29) is 18.3 Å². The lowest BCUT2D eigenvalue weighted by atomic mass is 10.3. The zero-order chi connectivity index (χ0) is 21.8. The molecule has 9 heteroatoms. The summed E-state index contributed by atoms with van der Waals surface area (Å²) < 4.78 is 30.0. The van der Waals surface area contributed by atoms with Crippen molar-refractivity contribution in [3.63, 3.8) is 0 Å². The molecular weight excluding hydrogens is 402 g/mol. The fraction of sp³-hybridized carbons (Fsp3) is 0.136. The first-order valence-electron chi connectivity index (χ1n) is 9.56. The maximum Gasteiger partial charge on any atom is 0.317 e. The van der Waals surface area contributed by atoms with E-state index in [1.54, 1.807) is 24.1 Å². The molecule has 7 nitrogen and oxygen atoms in total. The maximum absolute atomic E-state index is 13.9. The van der Waals surface area contributed by atoms with Gasteiger partial charge in [-0.1, -0.05) is 18.2 Å². The molecule has 0 aliphatic heterocycles. The van der Waals surface area contributed by atoms with Gasteiger partial charge in [0.05, 0.1) is 24.6 Å². The van der Waals surface area contributed by atoms with Gasteiger partial charge in [-0.05, 0) is 24.3 Å². The Bertz CT molecular complexity index is 1190. The van der Waals surface area contributed by atoms with E-state index in [1.807, 2.05) is 36.5 Å². The number of aromatic nitrogens is 4. The molecule has 31 heavy (non-hydrogen) atoms. The summed E-state index contributed by atoms with van der Waals surface area (Å²) in [5, 5.41) is 11.2. The predicted octanol–water partition coefficient (Wildman–Crippen LogP) is 3.68. The first-order valence-corrected chi connectivity index (χ1v) is 9.56. The molecule has 1 N–H and O–H groups in total. The predicted molar refractivity (Wildman–Crippen MR) is 111 cm³/mol. The number of nitrogens with one attached hydrogen (secondary N) is 1. The van der Waals surface area contributed by atoms with Crippen LogP contribution in [0.4, 0.5) is 13.6 Å². The van der Waals surface area contributed by atoms with Crippen molar-refractivity contribution in [2.45, 2.75) is 13.1 Å². The number of rotatable bonds is 6. The Hall–Kier alpha value is -4.01. The SMILES string of the molecule is CN(Cc1cnn(-c2ccccc2)c1)C(=O)NCc1cnn(-c2ccc(F)cc2F)c1. The number of amides is 2. The summed E-state index contributed by atoms with van der Waals surface area (Å²) >= 11 is 0. The Kier molecular flexibility index (Phi) is 5.74. The van der Waals surface area contributed by atoms with Crippen LogP contribution in [-0.4, -0.2) is 37.5 Å². The van der Waals surface area contributed by atoms with Gasteiger partial charge in [-0.15, -0.1) is 0 Å². The van der Waals surface area contributed by atoms with Gasteiger partial charge in [0.2, 0.25) is 0 Å². The first kappa shape index (κ1) is 20.3. The molecule has 0 radical (unpaired) electrons. The second kappa shape index (κ2) is 8.78. The topological polar surface area (TPSA) is 68.0 Å². The maximum atomic E-state index is 13.9. The van der Waals surface area contributed by atoms with E-state index in [0.29, 0.717) is 12.1 Å². The number of benzene rings is 2. The van der Waals surface area contributed by atoms with Crippen molar-refractivity contribution in [2.75, 3.05) is 7.05 Å². The quantitative estimate of drug-likeness (QED) is 0.516. The van der Waals surface area contributed by atoms with Crippen LogP contribution >= 0.6 is 0 Å². The van der Waals surface area contributed by atoms with Crippen molar-refractivity contribution < 1.29 is 13.6 Å². The number of urea groups is 1. The molecule has 0 spiro atoms. The molecule has 0 fully saturated rings. The lowest BCUT2D eigenvalue weighted by Crippen LogP contribution is -2.36. The largest absolute Gasteiger partial charge is 0.334 e. The van der Waals surface area contributed by atoms with Crippen LogP contribution in [-0.2, 0) is 13.1 Å². The van der Waals surface area contributed by atoms with E-state index in [4.69, 9.17) is 0 Å². The molecule has 0 aliphatic rings. The molecule has 4 aromatic rings. The number of hydrogen-bond donors (Lipinski definition) is 1. The minimum Gasteiger partial charge on any atom is -0.334 e. The Morgan fingerprint density at radius 2 is 1.71 bits per heavy atom. The third-order valence-corrected chi connectivity index (χ3v) is 4.66. The van der Waals surface area contributed by atoms with Crippen molar-refractivity contribution in [1.82, 2.24) is 29.8 Å². The lowest BCUT2D eigenvalue weighted by Gasteiger charge is -2.16. The molecule has 158 valence electrons. The number of para-hydroxylation sites is 1. The Labute approximate surface area is 177 Å². The molecule has 0 bridgehead atoms. The summed E-state index contributed by atoms with van der Waals surface area (Å²) in [7, 11) is 1.69. The summed E-state index contributed by atoms with van der Waals surface area (Å²) in [6.07, 6.45) is 6.70. The fourth-order valence-corrected chi connectivity index (χ4v) is 3.07. The Morgan fingerprint density at radius 3 is 2.48 bits per heavy atom. The summed E-state index contributed by atoms with van der Waals surface area (Å²) in [6.45, 7) is 0.605. The zero-order valence-electron chi connectivity index (χ0n) is 16.7. The zero-order valence-corrected chi connectivity index (χ0v) is 16.7. The second-order valence-corrected chi connectivity index (χ2v) is 7.03. The molecule has 0 aliphatic carbocycles. The molecule has 0 unspecified atom stereocenters. The van der Waals surface area contributed by atoms with Gasteiger partial charge >= 0.3 is 6.03 Å². The van der Waals surface area contributed by atoms with Crippen LogP contribution in [0.2, 0.25) is 0 Å². The Balaban J connectivity index is 1.33. The van der Waals surface area contributed by atoms with Gasteiger partial charge in [0.15, 0.2) is 5.82 Å². The van der Waals surface area contributed by atoms with Crippen LogP contribution in [0.3, 0.4) is 0 Å². The fourth-order valence-electron chi connectivity index (χ4n) is 3.07. The molecule has 0 saturated carbocycles. The van der Waals surface area contributed by atoms with Crippen molar-refractivity contribution in [1.29, 1.82) is 0 Å². The van der Waals surface area contributed by atoms with Crippen molar-refractivity contribution >= 4 is 6.03 Å². The molecule has 0 atom stereocenters. The number of carbonyl (C=O) groups is 1. The number of hydrogen-bond acceptors (Lipinski definition) is 3. The van der Waals surface area contributed by atoms with Gasteiger partial charge in [0.25, 0.3) is 0 Å². The molecule has 4 rings (SSSR count). The van der Waals surface area contributed by atoms with E-state index in [2.05, 4.69) is 15.5 Å². The normalized spacial score (nSPS) is 10.8. The van der Waals surface area contributed by atoms with Gasteiger partial charge in [-0.2, -0.15) is 10.2 Å². The minimum absolute atomic E-state index is 0.131. The molecule has 2 aromatic heterocycles.